The van der Waals surface area contributed by atoms with Crippen molar-refractivity contribution in [1.29, 1.82) is 5.26 Å². The van der Waals surface area contributed by atoms with Crippen molar-refractivity contribution in [2.24, 2.45) is 0 Å². The molecule has 0 bridgehead atoms. The van der Waals surface area contributed by atoms with Gasteiger partial charge in [0.05, 0.1) is 5.56 Å². The van der Waals surface area contributed by atoms with Gasteiger partial charge in [-0.15, -0.1) is 0 Å². The Morgan fingerprint density at radius 3 is 3.05 bits per heavy atom. The molecule has 1 unspecified atom stereocenters. The highest BCUT2D eigenvalue weighted by atomic mass is 16.1. The molecule has 0 spiro atoms. The van der Waals surface area contributed by atoms with Crippen LogP contribution >= 0.6 is 0 Å². The Kier molecular flexibility index (Phi) is 5.15. The first-order valence-corrected chi connectivity index (χ1v) is 7.60. The fraction of sp³-hybridized carbons (Fsp3) is 0.562. The lowest BCUT2D eigenvalue weighted by molar-refractivity contribution is -0.121. The van der Waals surface area contributed by atoms with E-state index in [1.54, 1.807) is 0 Å². The van der Waals surface area contributed by atoms with Crippen molar-refractivity contribution in [2.75, 3.05) is 11.9 Å². The summed E-state index contributed by atoms with van der Waals surface area (Å²) in [7, 11) is 0. The summed E-state index contributed by atoms with van der Waals surface area (Å²) >= 11 is 0. The molecule has 0 aliphatic heterocycles. The second-order valence-electron chi connectivity index (χ2n) is 5.51. The highest BCUT2D eigenvalue weighted by Gasteiger charge is 2.16. The van der Waals surface area contributed by atoms with Crippen LogP contribution in [0.25, 0.3) is 0 Å². The molecule has 1 atom stereocenters. The monoisotopic (exact) mass is 286 g/mol. The first-order chi connectivity index (χ1) is 10.1. The first kappa shape index (κ1) is 15.3. The molecule has 0 aromatic carbocycles. The van der Waals surface area contributed by atoms with Gasteiger partial charge in [0.15, 0.2) is 0 Å². The molecule has 1 aliphatic rings. The molecule has 2 N–H and O–H groups in total. The molecule has 1 aromatic rings. The van der Waals surface area contributed by atoms with Gasteiger partial charge in [-0.05, 0) is 44.2 Å². The van der Waals surface area contributed by atoms with Crippen molar-refractivity contribution in [3.8, 4) is 6.07 Å². The number of rotatable bonds is 6. The summed E-state index contributed by atoms with van der Waals surface area (Å²) in [5.74, 6) is 0.631. The van der Waals surface area contributed by atoms with Crippen molar-refractivity contribution in [2.45, 2.75) is 52.0 Å². The minimum atomic E-state index is 0.0246. The third-order valence-corrected chi connectivity index (χ3v) is 3.84. The van der Waals surface area contributed by atoms with Gasteiger partial charge < -0.3 is 10.6 Å². The van der Waals surface area contributed by atoms with Crippen LogP contribution in [-0.4, -0.2) is 23.5 Å². The van der Waals surface area contributed by atoms with Gasteiger partial charge in [0, 0.05) is 24.7 Å². The third-order valence-electron chi connectivity index (χ3n) is 3.84. The molecule has 0 saturated carbocycles. The lowest BCUT2D eigenvalue weighted by Crippen LogP contribution is -2.33. The number of nitrogens with zero attached hydrogens (tertiary/aromatic N) is 2. The molecule has 1 aromatic heterocycles. The van der Waals surface area contributed by atoms with Gasteiger partial charge >= 0.3 is 0 Å². The molecule has 0 radical (unpaired) electrons. The van der Waals surface area contributed by atoms with E-state index in [-0.39, 0.29) is 11.9 Å². The third kappa shape index (κ3) is 3.94. The van der Waals surface area contributed by atoms with E-state index in [0.29, 0.717) is 24.3 Å². The van der Waals surface area contributed by atoms with E-state index in [1.165, 1.54) is 5.56 Å². The smallest absolute Gasteiger partial charge is 0.221 e. The number of pyridine rings is 1. The molecule has 0 saturated heterocycles. The van der Waals surface area contributed by atoms with Gasteiger partial charge in [-0.3, -0.25) is 4.79 Å². The molecule has 112 valence electrons. The fourth-order valence-electron chi connectivity index (χ4n) is 2.44. The molecule has 1 amide bonds. The summed E-state index contributed by atoms with van der Waals surface area (Å²) in [5.41, 5.74) is 2.84. The number of aromatic nitrogens is 1. The number of hydrogen-bond acceptors (Lipinski definition) is 4. The Hall–Kier alpha value is -2.09. The van der Waals surface area contributed by atoms with Gasteiger partial charge in [-0.1, -0.05) is 6.92 Å². The maximum atomic E-state index is 11.7. The number of nitriles is 1. The Bertz CT molecular complexity index is 562. The van der Waals surface area contributed by atoms with Crippen molar-refractivity contribution < 1.29 is 4.79 Å². The second-order valence-corrected chi connectivity index (χ2v) is 5.51. The van der Waals surface area contributed by atoms with Crippen LogP contribution in [0.1, 0.15) is 49.9 Å². The van der Waals surface area contributed by atoms with E-state index >= 15 is 0 Å². The van der Waals surface area contributed by atoms with Gasteiger partial charge in [0.1, 0.15) is 11.9 Å². The summed E-state index contributed by atoms with van der Waals surface area (Å²) in [5, 5.41) is 15.2. The highest BCUT2D eigenvalue weighted by Crippen LogP contribution is 2.24. The number of nitrogens with one attached hydrogen (secondary N) is 2. The summed E-state index contributed by atoms with van der Waals surface area (Å²) in [4.78, 5) is 16.2. The number of fused-ring (bicyclic) bond motifs is 1. The molecule has 0 fully saturated rings. The zero-order valence-corrected chi connectivity index (χ0v) is 12.7. The highest BCUT2D eigenvalue weighted by molar-refractivity contribution is 5.76. The zero-order chi connectivity index (χ0) is 15.2. The SMILES string of the molecule is CCC(C)NC(=O)CCNc1nc2c(cc1C#N)CCC2. The summed E-state index contributed by atoms with van der Waals surface area (Å²) in [6.45, 7) is 4.51. The summed E-state index contributed by atoms with van der Waals surface area (Å²) in [6.07, 6.45) is 4.39. The van der Waals surface area contributed by atoms with E-state index in [0.717, 1.165) is 31.4 Å². The Labute approximate surface area is 125 Å². The molecule has 2 rings (SSSR count). The Morgan fingerprint density at radius 2 is 2.33 bits per heavy atom. The van der Waals surface area contributed by atoms with E-state index < -0.39 is 0 Å². The van der Waals surface area contributed by atoms with Crippen LogP contribution in [0, 0.1) is 11.3 Å². The van der Waals surface area contributed by atoms with Gasteiger partial charge in [-0.25, -0.2) is 4.98 Å². The van der Waals surface area contributed by atoms with Crippen LogP contribution in [0.4, 0.5) is 5.82 Å². The number of anilines is 1. The number of hydrogen-bond donors (Lipinski definition) is 2. The Balaban J connectivity index is 1.92. The number of carbonyl (C=O) groups excluding carboxylic acids is 1. The second kappa shape index (κ2) is 7.07. The van der Waals surface area contributed by atoms with Crippen LogP contribution in [-0.2, 0) is 17.6 Å². The van der Waals surface area contributed by atoms with Crippen LogP contribution in [0.3, 0.4) is 0 Å². The van der Waals surface area contributed by atoms with Crippen LogP contribution in [0.15, 0.2) is 6.07 Å². The van der Waals surface area contributed by atoms with Crippen molar-refractivity contribution >= 4 is 11.7 Å². The quantitative estimate of drug-likeness (QED) is 0.840. The molecular formula is C16H22N4O. The fourth-order valence-corrected chi connectivity index (χ4v) is 2.44. The normalized spacial score (nSPS) is 14.1. The van der Waals surface area contributed by atoms with Crippen molar-refractivity contribution in [1.82, 2.24) is 10.3 Å². The van der Waals surface area contributed by atoms with E-state index in [1.807, 2.05) is 19.9 Å². The van der Waals surface area contributed by atoms with Gasteiger partial charge in [-0.2, -0.15) is 5.26 Å². The minimum Gasteiger partial charge on any atom is -0.368 e. The van der Waals surface area contributed by atoms with E-state index in [2.05, 4.69) is 21.7 Å². The molecule has 21 heavy (non-hydrogen) atoms. The number of aryl methyl sites for hydroxylation is 2. The Morgan fingerprint density at radius 1 is 1.52 bits per heavy atom. The van der Waals surface area contributed by atoms with Crippen LogP contribution < -0.4 is 10.6 Å². The molecule has 5 nitrogen and oxygen atoms in total. The largest absolute Gasteiger partial charge is 0.368 e. The number of amides is 1. The minimum absolute atomic E-state index is 0.0246. The molecule has 1 aliphatic carbocycles. The molecule has 1 heterocycles. The maximum absolute atomic E-state index is 11.7. The molecule has 5 heteroatoms. The van der Waals surface area contributed by atoms with Gasteiger partial charge in [0.2, 0.25) is 5.91 Å². The summed E-state index contributed by atoms with van der Waals surface area (Å²) in [6, 6.07) is 4.31. The zero-order valence-electron chi connectivity index (χ0n) is 12.7. The number of carbonyl (C=O) groups is 1. The lowest BCUT2D eigenvalue weighted by Gasteiger charge is -2.12. The van der Waals surface area contributed by atoms with Crippen molar-refractivity contribution in [3.05, 3.63) is 22.9 Å². The summed E-state index contributed by atoms with van der Waals surface area (Å²) < 4.78 is 0. The predicted octanol–water partition coefficient (Wildman–Crippen LogP) is 2.16. The van der Waals surface area contributed by atoms with Crippen LogP contribution in [0.2, 0.25) is 0 Å². The topological polar surface area (TPSA) is 77.8 Å². The average Bonchev–Trinajstić information content (AvgIpc) is 2.93. The average molecular weight is 286 g/mol. The van der Waals surface area contributed by atoms with Crippen molar-refractivity contribution in [3.63, 3.8) is 0 Å². The molecular weight excluding hydrogens is 264 g/mol. The van der Waals surface area contributed by atoms with E-state index in [9.17, 15) is 10.1 Å². The lowest BCUT2D eigenvalue weighted by atomic mass is 10.1. The van der Waals surface area contributed by atoms with Gasteiger partial charge in [0.25, 0.3) is 0 Å². The maximum Gasteiger partial charge on any atom is 0.221 e. The standard InChI is InChI=1S/C16H22N4O/c1-3-11(2)19-15(21)7-8-18-16-13(10-17)9-12-5-4-6-14(12)20-16/h9,11H,3-8H2,1-2H3,(H,18,20)(H,19,21). The van der Waals surface area contributed by atoms with E-state index in [4.69, 9.17) is 0 Å². The van der Waals surface area contributed by atoms with Crippen LogP contribution in [0.5, 0.6) is 0 Å². The predicted molar refractivity (Wildman–Crippen MR) is 82.0 cm³/mol. The first-order valence-electron chi connectivity index (χ1n) is 7.60.